The largest absolute Gasteiger partial charge is 0.462 e. The van der Waals surface area contributed by atoms with Gasteiger partial charge in [-0.3, -0.25) is 9.59 Å². The number of nitrogens with one attached hydrogen (secondary N) is 1. The van der Waals surface area contributed by atoms with Crippen LogP contribution in [0.2, 0.25) is 0 Å². The Labute approximate surface area is 422 Å². The molecule has 0 aliphatic carbocycles. The summed E-state index contributed by atoms with van der Waals surface area (Å²) < 4.78 is 5.94. The number of carbonyl (C=O) groups excluding carboxylic acids is 2. The molecule has 0 aliphatic heterocycles. The Morgan fingerprint density at radius 3 is 1.19 bits per heavy atom. The predicted molar refractivity (Wildman–Crippen MR) is 296 cm³/mol. The summed E-state index contributed by atoms with van der Waals surface area (Å²) >= 11 is 0. The third kappa shape index (κ3) is 50.0. The number of amides is 1. The van der Waals surface area contributed by atoms with E-state index in [9.17, 15) is 19.8 Å². The molecule has 0 aromatic heterocycles. The minimum absolute atomic E-state index is 0.0540. The smallest absolute Gasteiger partial charge is 0.306 e. The molecule has 396 valence electrons. The second kappa shape index (κ2) is 55.5. The predicted octanol–water partition coefficient (Wildman–Crippen LogP) is 18.4. The Morgan fingerprint density at radius 1 is 0.426 bits per heavy atom. The van der Waals surface area contributed by atoms with Crippen LogP contribution >= 0.6 is 0 Å². The number of hydrogen-bond acceptors (Lipinski definition) is 5. The zero-order valence-corrected chi connectivity index (χ0v) is 45.2. The van der Waals surface area contributed by atoms with Gasteiger partial charge in [-0.25, -0.2) is 0 Å². The molecule has 0 fully saturated rings. The SMILES string of the molecule is CCCCC/C=C\C/C=C\C/C=C\C/C=C\CCCCCC(=O)OC(CCCCC/C=C/CCCCCCCCC)CC(=O)NC(CO)C(O)CCCCCCCCCCCCCCCCCC. The first-order chi connectivity index (χ1) is 33.5. The van der Waals surface area contributed by atoms with E-state index in [1.165, 1.54) is 154 Å². The van der Waals surface area contributed by atoms with E-state index >= 15 is 0 Å². The number of aliphatic hydroxyl groups is 2. The van der Waals surface area contributed by atoms with Crippen molar-refractivity contribution in [2.75, 3.05) is 6.61 Å². The van der Waals surface area contributed by atoms with Gasteiger partial charge in [-0.1, -0.05) is 248 Å². The summed E-state index contributed by atoms with van der Waals surface area (Å²) in [5.41, 5.74) is 0. The van der Waals surface area contributed by atoms with Crippen molar-refractivity contribution in [2.45, 2.75) is 315 Å². The minimum Gasteiger partial charge on any atom is -0.462 e. The van der Waals surface area contributed by atoms with E-state index in [2.05, 4.69) is 86.8 Å². The monoisotopic (exact) mass is 952 g/mol. The maximum atomic E-state index is 13.3. The molecule has 68 heavy (non-hydrogen) atoms. The fourth-order valence-electron chi connectivity index (χ4n) is 8.82. The first-order valence-electron chi connectivity index (χ1n) is 29.5. The molecule has 0 aromatic rings. The second-order valence-corrected chi connectivity index (χ2v) is 20.0. The lowest BCUT2D eigenvalue weighted by Crippen LogP contribution is -2.46. The van der Waals surface area contributed by atoms with Gasteiger partial charge in [0.15, 0.2) is 0 Å². The number of ether oxygens (including phenoxy) is 1. The average Bonchev–Trinajstić information content (AvgIpc) is 3.33. The van der Waals surface area contributed by atoms with Crippen LogP contribution in [-0.4, -0.2) is 46.9 Å². The number of rotatable bonds is 53. The van der Waals surface area contributed by atoms with Crippen molar-refractivity contribution in [3.05, 3.63) is 60.8 Å². The first-order valence-corrected chi connectivity index (χ1v) is 29.5. The van der Waals surface area contributed by atoms with Gasteiger partial charge in [0.25, 0.3) is 0 Å². The van der Waals surface area contributed by atoms with Gasteiger partial charge in [0.2, 0.25) is 5.91 Å². The lowest BCUT2D eigenvalue weighted by molar-refractivity contribution is -0.151. The van der Waals surface area contributed by atoms with Crippen molar-refractivity contribution in [2.24, 2.45) is 0 Å². The number of hydrogen-bond donors (Lipinski definition) is 3. The Balaban J connectivity index is 4.60. The summed E-state index contributed by atoms with van der Waals surface area (Å²) in [7, 11) is 0. The van der Waals surface area contributed by atoms with E-state index in [0.29, 0.717) is 19.3 Å². The van der Waals surface area contributed by atoms with Crippen LogP contribution in [0, 0.1) is 0 Å². The van der Waals surface area contributed by atoms with Crippen LogP contribution in [0.3, 0.4) is 0 Å². The number of aliphatic hydroxyl groups excluding tert-OH is 2. The maximum Gasteiger partial charge on any atom is 0.306 e. The molecule has 0 spiro atoms. The van der Waals surface area contributed by atoms with Crippen LogP contribution in [0.25, 0.3) is 0 Å². The summed E-state index contributed by atoms with van der Waals surface area (Å²) in [5.74, 6) is -0.517. The molecule has 0 aromatic carbocycles. The summed E-state index contributed by atoms with van der Waals surface area (Å²) in [4.78, 5) is 26.3. The fraction of sp³-hybridized carbons (Fsp3) is 0.806. The van der Waals surface area contributed by atoms with E-state index in [-0.39, 0.29) is 24.9 Å². The third-order valence-corrected chi connectivity index (χ3v) is 13.3. The highest BCUT2D eigenvalue weighted by atomic mass is 16.5. The van der Waals surface area contributed by atoms with Crippen LogP contribution in [0.4, 0.5) is 0 Å². The standard InChI is InChI=1S/C62H113NO5/c1-4-7-10-13-16-19-22-25-28-30-31-32-34-37-40-43-46-49-52-55-62(67)68-58(53-50-47-44-41-38-35-27-24-21-18-15-12-9-6-3)56-61(66)63-59(57-64)60(65)54-51-48-45-42-39-36-33-29-26-23-20-17-14-11-8-5-2/h16,19,25,28,31-32,35,37-38,40,58-60,64-65H,4-15,17-18,20-24,26-27,29-30,33-34,36,39,41-57H2,1-3H3,(H,63,66)/b19-16-,28-25-,32-31-,38-35+,40-37-. The molecule has 0 radical (unpaired) electrons. The van der Waals surface area contributed by atoms with E-state index < -0.39 is 18.2 Å². The summed E-state index contributed by atoms with van der Waals surface area (Å²) in [6, 6.07) is -0.715. The van der Waals surface area contributed by atoms with Crippen LogP contribution in [0.1, 0.15) is 297 Å². The van der Waals surface area contributed by atoms with Crippen molar-refractivity contribution in [1.82, 2.24) is 5.32 Å². The summed E-state index contributed by atoms with van der Waals surface area (Å²) in [6.07, 6.45) is 70.0. The van der Waals surface area contributed by atoms with Gasteiger partial charge in [-0.15, -0.1) is 0 Å². The van der Waals surface area contributed by atoms with Crippen LogP contribution in [0.15, 0.2) is 60.8 Å². The molecule has 6 heteroatoms. The molecule has 6 nitrogen and oxygen atoms in total. The average molecular weight is 953 g/mol. The maximum absolute atomic E-state index is 13.3. The fourth-order valence-corrected chi connectivity index (χ4v) is 8.82. The van der Waals surface area contributed by atoms with Gasteiger partial charge in [-0.2, -0.15) is 0 Å². The lowest BCUT2D eigenvalue weighted by Gasteiger charge is -2.24. The summed E-state index contributed by atoms with van der Waals surface area (Å²) in [5, 5.41) is 23.9. The quantitative estimate of drug-likeness (QED) is 0.0321. The zero-order chi connectivity index (χ0) is 49.5. The van der Waals surface area contributed by atoms with Gasteiger partial charge in [0.05, 0.1) is 25.2 Å². The molecule has 0 saturated heterocycles. The molecule has 0 bridgehead atoms. The normalized spacial score (nSPS) is 13.5. The summed E-state index contributed by atoms with van der Waals surface area (Å²) in [6.45, 7) is 6.47. The number of esters is 1. The van der Waals surface area contributed by atoms with E-state index in [4.69, 9.17) is 4.74 Å². The van der Waals surface area contributed by atoms with Gasteiger partial charge >= 0.3 is 5.97 Å². The molecular weight excluding hydrogens is 839 g/mol. The topological polar surface area (TPSA) is 95.9 Å². The Hall–Kier alpha value is -2.44. The highest BCUT2D eigenvalue weighted by Gasteiger charge is 2.24. The zero-order valence-electron chi connectivity index (χ0n) is 45.2. The van der Waals surface area contributed by atoms with Crippen LogP contribution < -0.4 is 5.32 Å². The number of allylic oxidation sites excluding steroid dienone is 10. The van der Waals surface area contributed by atoms with Crippen LogP contribution in [-0.2, 0) is 14.3 Å². The van der Waals surface area contributed by atoms with E-state index in [1.807, 2.05) is 0 Å². The Morgan fingerprint density at radius 2 is 0.750 bits per heavy atom. The van der Waals surface area contributed by atoms with Crippen molar-refractivity contribution in [3.8, 4) is 0 Å². The highest BCUT2D eigenvalue weighted by molar-refractivity contribution is 5.77. The van der Waals surface area contributed by atoms with E-state index in [1.54, 1.807) is 0 Å². The van der Waals surface area contributed by atoms with Crippen LogP contribution in [0.5, 0.6) is 0 Å². The third-order valence-electron chi connectivity index (χ3n) is 13.3. The van der Waals surface area contributed by atoms with Gasteiger partial charge in [0, 0.05) is 6.42 Å². The molecule has 1 amide bonds. The molecular formula is C62H113NO5. The molecule has 3 atom stereocenters. The molecule has 3 N–H and O–H groups in total. The highest BCUT2D eigenvalue weighted by Crippen LogP contribution is 2.18. The van der Waals surface area contributed by atoms with E-state index in [0.717, 1.165) is 96.3 Å². The van der Waals surface area contributed by atoms with Crippen molar-refractivity contribution in [3.63, 3.8) is 0 Å². The molecule has 0 rings (SSSR count). The van der Waals surface area contributed by atoms with Gasteiger partial charge < -0.3 is 20.3 Å². The van der Waals surface area contributed by atoms with Crippen molar-refractivity contribution < 1.29 is 24.5 Å². The Bertz CT molecular complexity index is 1210. The lowest BCUT2D eigenvalue weighted by atomic mass is 10.0. The van der Waals surface area contributed by atoms with Gasteiger partial charge in [-0.05, 0) is 96.3 Å². The minimum atomic E-state index is -0.799. The molecule has 0 aliphatic rings. The number of carbonyl (C=O) groups is 2. The molecule has 0 saturated carbocycles. The second-order valence-electron chi connectivity index (χ2n) is 20.0. The molecule has 0 heterocycles. The van der Waals surface area contributed by atoms with Crippen molar-refractivity contribution >= 4 is 11.9 Å². The Kier molecular flexibility index (Phi) is 53.5. The van der Waals surface area contributed by atoms with Gasteiger partial charge in [0.1, 0.15) is 6.10 Å². The number of unbranched alkanes of at least 4 members (excludes halogenated alkanes) is 31. The molecule has 3 unspecified atom stereocenters. The van der Waals surface area contributed by atoms with Crippen molar-refractivity contribution in [1.29, 1.82) is 0 Å². The first kappa shape index (κ1) is 65.6.